The third-order valence-corrected chi connectivity index (χ3v) is 4.13. The van der Waals surface area contributed by atoms with Crippen LogP contribution in [0.1, 0.15) is 24.0 Å². The molecular formula is C15H15F3N2O2. The standard InChI is InChI=1S/C15H15F3N2O2/c16-15(17,18)13-9-12(2-1-11(13)10-19)20-5-3-14(4-6-20)21-7-8-22-14/h1-2,9H,3-8H2. The summed E-state index contributed by atoms with van der Waals surface area (Å²) in [6.07, 6.45) is -3.29. The third kappa shape index (κ3) is 2.76. The Morgan fingerprint density at radius 3 is 2.32 bits per heavy atom. The molecule has 22 heavy (non-hydrogen) atoms. The number of nitrogens with zero attached hydrogens (tertiary/aromatic N) is 2. The highest BCUT2D eigenvalue weighted by Gasteiger charge is 2.40. The summed E-state index contributed by atoms with van der Waals surface area (Å²) in [4.78, 5) is 1.87. The number of ether oxygens (including phenoxy) is 2. The second kappa shape index (κ2) is 5.45. The Kier molecular flexibility index (Phi) is 3.75. The number of piperidine rings is 1. The van der Waals surface area contributed by atoms with Gasteiger partial charge in [0.2, 0.25) is 0 Å². The van der Waals surface area contributed by atoms with Gasteiger partial charge in [-0.1, -0.05) is 0 Å². The van der Waals surface area contributed by atoms with Crippen LogP contribution >= 0.6 is 0 Å². The molecule has 1 spiro atoms. The fourth-order valence-corrected chi connectivity index (χ4v) is 2.95. The second-order valence-corrected chi connectivity index (χ2v) is 5.43. The highest BCUT2D eigenvalue weighted by atomic mass is 19.4. The first kappa shape index (κ1) is 15.1. The molecule has 2 aliphatic rings. The van der Waals surface area contributed by atoms with Gasteiger partial charge in [-0.15, -0.1) is 0 Å². The Balaban J connectivity index is 1.80. The van der Waals surface area contributed by atoms with Crippen LogP contribution in [0.5, 0.6) is 0 Å². The van der Waals surface area contributed by atoms with Crippen LogP contribution in [0, 0.1) is 11.3 Å². The van der Waals surface area contributed by atoms with E-state index >= 15 is 0 Å². The zero-order chi connectivity index (χ0) is 15.8. The summed E-state index contributed by atoms with van der Waals surface area (Å²) < 4.78 is 50.3. The SMILES string of the molecule is N#Cc1ccc(N2CCC3(CC2)OCCO3)cc1C(F)(F)F. The average Bonchev–Trinajstić information content (AvgIpc) is 2.95. The molecule has 0 radical (unpaired) electrons. The van der Waals surface area contributed by atoms with Crippen LogP contribution < -0.4 is 4.90 Å². The van der Waals surface area contributed by atoms with Gasteiger partial charge < -0.3 is 14.4 Å². The first-order valence-electron chi connectivity index (χ1n) is 7.08. The van der Waals surface area contributed by atoms with E-state index in [4.69, 9.17) is 14.7 Å². The Morgan fingerprint density at radius 1 is 1.14 bits per heavy atom. The Bertz CT molecular complexity index is 594. The molecule has 0 aromatic heterocycles. The summed E-state index contributed by atoms with van der Waals surface area (Å²) in [7, 11) is 0. The summed E-state index contributed by atoms with van der Waals surface area (Å²) >= 11 is 0. The molecule has 0 atom stereocenters. The van der Waals surface area contributed by atoms with Crippen LogP contribution in [0.15, 0.2) is 18.2 Å². The Morgan fingerprint density at radius 2 is 1.77 bits per heavy atom. The van der Waals surface area contributed by atoms with E-state index < -0.39 is 17.5 Å². The number of rotatable bonds is 1. The summed E-state index contributed by atoms with van der Waals surface area (Å²) in [5.41, 5.74) is -0.771. The molecule has 2 saturated heterocycles. The van der Waals surface area contributed by atoms with Crippen LogP contribution in [0.25, 0.3) is 0 Å². The number of hydrogen-bond donors (Lipinski definition) is 0. The van der Waals surface area contributed by atoms with E-state index in [2.05, 4.69) is 0 Å². The van der Waals surface area contributed by atoms with Gasteiger partial charge in [-0.3, -0.25) is 0 Å². The minimum atomic E-state index is -4.53. The molecule has 2 fully saturated rings. The molecule has 2 heterocycles. The number of hydrogen-bond acceptors (Lipinski definition) is 4. The van der Waals surface area contributed by atoms with E-state index in [0.717, 1.165) is 6.07 Å². The van der Waals surface area contributed by atoms with Crippen molar-refractivity contribution in [3.8, 4) is 6.07 Å². The normalized spacial score (nSPS) is 21.1. The van der Waals surface area contributed by atoms with Crippen molar-refractivity contribution < 1.29 is 22.6 Å². The van der Waals surface area contributed by atoms with E-state index in [1.54, 1.807) is 12.1 Å². The van der Waals surface area contributed by atoms with E-state index in [1.165, 1.54) is 6.07 Å². The van der Waals surface area contributed by atoms with E-state index in [9.17, 15) is 13.2 Å². The van der Waals surface area contributed by atoms with Crippen molar-refractivity contribution in [2.24, 2.45) is 0 Å². The lowest BCUT2D eigenvalue weighted by Crippen LogP contribution is -2.45. The maximum absolute atomic E-state index is 13.0. The van der Waals surface area contributed by atoms with Crippen molar-refractivity contribution in [2.45, 2.75) is 24.8 Å². The predicted molar refractivity (Wildman–Crippen MR) is 72.2 cm³/mol. The van der Waals surface area contributed by atoms with Gasteiger partial charge in [0.1, 0.15) is 0 Å². The molecule has 0 bridgehead atoms. The lowest BCUT2D eigenvalue weighted by molar-refractivity contribution is -0.169. The minimum Gasteiger partial charge on any atom is -0.371 e. The number of nitriles is 1. The summed E-state index contributed by atoms with van der Waals surface area (Å²) in [5, 5.41) is 8.83. The zero-order valence-electron chi connectivity index (χ0n) is 11.8. The van der Waals surface area contributed by atoms with Gasteiger partial charge in [0.05, 0.1) is 30.4 Å². The Labute approximate surface area is 126 Å². The Hall–Kier alpha value is -1.78. The topological polar surface area (TPSA) is 45.5 Å². The van der Waals surface area contributed by atoms with E-state index in [-0.39, 0.29) is 5.56 Å². The molecule has 0 N–H and O–H groups in total. The van der Waals surface area contributed by atoms with Crippen molar-refractivity contribution in [2.75, 3.05) is 31.2 Å². The summed E-state index contributed by atoms with van der Waals surface area (Å²) in [6, 6.07) is 5.43. The molecule has 4 nitrogen and oxygen atoms in total. The monoisotopic (exact) mass is 312 g/mol. The van der Waals surface area contributed by atoms with Gasteiger partial charge >= 0.3 is 6.18 Å². The first-order chi connectivity index (χ1) is 10.4. The number of anilines is 1. The lowest BCUT2D eigenvalue weighted by atomic mass is 10.0. The lowest BCUT2D eigenvalue weighted by Gasteiger charge is -2.38. The highest BCUT2D eigenvalue weighted by Crippen LogP contribution is 2.37. The highest BCUT2D eigenvalue weighted by molar-refractivity contribution is 5.55. The van der Waals surface area contributed by atoms with Crippen molar-refractivity contribution in [1.29, 1.82) is 5.26 Å². The van der Waals surface area contributed by atoms with E-state index in [1.807, 2.05) is 4.90 Å². The molecule has 0 unspecified atom stereocenters. The minimum absolute atomic E-state index is 0.354. The van der Waals surface area contributed by atoms with Gasteiger partial charge in [-0.2, -0.15) is 18.4 Å². The average molecular weight is 312 g/mol. The maximum Gasteiger partial charge on any atom is 0.417 e. The van der Waals surface area contributed by atoms with Gasteiger partial charge in [0.15, 0.2) is 5.79 Å². The molecule has 3 rings (SSSR count). The zero-order valence-corrected chi connectivity index (χ0v) is 11.8. The van der Waals surface area contributed by atoms with Crippen LogP contribution in [-0.2, 0) is 15.7 Å². The molecule has 0 saturated carbocycles. The number of benzene rings is 1. The molecule has 118 valence electrons. The molecule has 2 aliphatic heterocycles. The quantitative estimate of drug-likeness (QED) is 0.800. The molecule has 7 heteroatoms. The fraction of sp³-hybridized carbons (Fsp3) is 0.533. The van der Waals surface area contributed by atoms with Gasteiger partial charge in [-0.05, 0) is 18.2 Å². The van der Waals surface area contributed by atoms with Gasteiger partial charge in [0.25, 0.3) is 0 Å². The second-order valence-electron chi connectivity index (χ2n) is 5.43. The third-order valence-electron chi connectivity index (χ3n) is 4.13. The van der Waals surface area contributed by atoms with Crippen LogP contribution in [0.2, 0.25) is 0 Å². The van der Waals surface area contributed by atoms with E-state index in [0.29, 0.717) is 44.8 Å². The number of halogens is 3. The fourth-order valence-electron chi connectivity index (χ4n) is 2.95. The molecule has 0 amide bonds. The molecule has 0 aliphatic carbocycles. The van der Waals surface area contributed by atoms with Crippen LogP contribution in [-0.4, -0.2) is 32.1 Å². The largest absolute Gasteiger partial charge is 0.417 e. The predicted octanol–water partition coefficient (Wildman–Crippen LogP) is 2.92. The first-order valence-corrected chi connectivity index (χ1v) is 7.08. The van der Waals surface area contributed by atoms with Crippen molar-refractivity contribution >= 4 is 5.69 Å². The number of alkyl halides is 3. The smallest absolute Gasteiger partial charge is 0.371 e. The van der Waals surface area contributed by atoms with Crippen LogP contribution in [0.3, 0.4) is 0 Å². The summed E-state index contributed by atoms with van der Waals surface area (Å²) in [5.74, 6) is -0.560. The van der Waals surface area contributed by atoms with Crippen molar-refractivity contribution in [1.82, 2.24) is 0 Å². The van der Waals surface area contributed by atoms with Crippen molar-refractivity contribution in [3.63, 3.8) is 0 Å². The van der Waals surface area contributed by atoms with Gasteiger partial charge in [-0.25, -0.2) is 0 Å². The van der Waals surface area contributed by atoms with Crippen LogP contribution in [0.4, 0.5) is 18.9 Å². The molecule has 1 aromatic rings. The molecular weight excluding hydrogens is 297 g/mol. The summed E-state index contributed by atoms with van der Waals surface area (Å²) in [6.45, 7) is 2.25. The van der Waals surface area contributed by atoms with Gasteiger partial charge in [0, 0.05) is 31.6 Å². The van der Waals surface area contributed by atoms with Crippen molar-refractivity contribution in [3.05, 3.63) is 29.3 Å². The maximum atomic E-state index is 13.0. The molecule has 1 aromatic carbocycles.